The minimum Gasteiger partial charge on any atom is -0.454 e. The van der Waals surface area contributed by atoms with Crippen LogP contribution in [0.25, 0.3) is 0 Å². The van der Waals surface area contributed by atoms with Crippen molar-refractivity contribution < 1.29 is 9.15 Å². The Balaban J connectivity index is 1.82. The van der Waals surface area contributed by atoms with Gasteiger partial charge >= 0.3 is 6.08 Å². The summed E-state index contributed by atoms with van der Waals surface area (Å²) < 4.78 is 10.8. The molecule has 0 aromatic carbocycles. The zero-order chi connectivity index (χ0) is 12.5. The van der Waals surface area contributed by atoms with Gasteiger partial charge in [0.25, 0.3) is 0 Å². The molecule has 0 bridgehead atoms. The van der Waals surface area contributed by atoms with Crippen LogP contribution in [0.1, 0.15) is 37.6 Å². The lowest BCUT2D eigenvalue weighted by molar-refractivity contribution is 0.0792. The van der Waals surface area contributed by atoms with Gasteiger partial charge in [-0.2, -0.15) is 4.98 Å². The summed E-state index contributed by atoms with van der Waals surface area (Å²) in [5.74, 6) is 1.81. The lowest BCUT2D eigenvalue weighted by Gasteiger charge is -2.43. The number of methoxy groups -OCH3 is 1. The maximum atomic E-state index is 5.67. The molecule has 100 valence electrons. The van der Waals surface area contributed by atoms with E-state index in [1.165, 1.54) is 32.4 Å². The summed E-state index contributed by atoms with van der Waals surface area (Å²) in [6.45, 7) is 4.72. The van der Waals surface area contributed by atoms with Crippen LogP contribution in [0.3, 0.4) is 0 Å². The normalized spacial score (nSPS) is 27.7. The van der Waals surface area contributed by atoms with Crippen molar-refractivity contribution in [1.29, 1.82) is 0 Å². The summed E-state index contributed by atoms with van der Waals surface area (Å²) in [6.07, 6.45) is 6.39. The fourth-order valence-electron chi connectivity index (χ4n) is 3.52. The minimum absolute atomic E-state index is 0.431. The fraction of sp³-hybridized carbons (Fsp3) is 0.786. The van der Waals surface area contributed by atoms with Crippen LogP contribution in [0.4, 0.5) is 0 Å². The average molecular weight is 250 g/mol. The molecular formula is C14H22N2O2. The summed E-state index contributed by atoms with van der Waals surface area (Å²) in [5, 5.41) is 0. The maximum absolute atomic E-state index is 5.67. The Kier molecular flexibility index (Phi) is 3.29. The Hall–Kier alpha value is -1.03. The van der Waals surface area contributed by atoms with Crippen molar-refractivity contribution >= 4 is 0 Å². The van der Waals surface area contributed by atoms with Crippen LogP contribution in [0.2, 0.25) is 0 Å². The molecule has 4 nitrogen and oxygen atoms in total. The van der Waals surface area contributed by atoms with Crippen LogP contribution in [0, 0.1) is 5.92 Å². The zero-order valence-electron chi connectivity index (χ0n) is 11.3. The van der Waals surface area contributed by atoms with E-state index in [-0.39, 0.29) is 0 Å². The molecule has 0 amide bonds. The monoisotopic (exact) mass is 250 g/mol. The van der Waals surface area contributed by atoms with E-state index < -0.39 is 0 Å². The van der Waals surface area contributed by atoms with Crippen LogP contribution in [0.15, 0.2) is 4.42 Å². The van der Waals surface area contributed by atoms with Gasteiger partial charge in [-0.1, -0.05) is 6.92 Å². The predicted molar refractivity (Wildman–Crippen MR) is 68.8 cm³/mol. The molecule has 2 aliphatic rings. The third kappa shape index (κ3) is 2.03. The Morgan fingerprint density at radius 2 is 2.33 bits per heavy atom. The molecule has 3 rings (SSSR count). The molecule has 0 spiro atoms. The largest absolute Gasteiger partial charge is 0.454 e. The Morgan fingerprint density at radius 1 is 1.44 bits per heavy atom. The number of nitrogens with zero attached hydrogens (tertiary/aromatic N) is 2. The number of likely N-dealkylation sites (tertiary alicyclic amines) is 1. The van der Waals surface area contributed by atoms with E-state index in [4.69, 9.17) is 9.15 Å². The second kappa shape index (κ2) is 4.92. The first-order chi connectivity index (χ1) is 8.81. The first-order valence-corrected chi connectivity index (χ1v) is 7.08. The van der Waals surface area contributed by atoms with Gasteiger partial charge in [0.2, 0.25) is 0 Å². The standard InChI is InChI=1S/C14H22N2O2/c1-3-6-16-7-4-5-10-8-11-13(9-12(10)16)18-14(15-11)17-2/h10,12H,3-9H2,1-2H3. The highest BCUT2D eigenvalue weighted by Crippen LogP contribution is 2.36. The molecule has 1 fully saturated rings. The molecule has 4 heteroatoms. The third-order valence-electron chi connectivity index (χ3n) is 4.33. The number of fused-ring (bicyclic) bond motifs is 2. The van der Waals surface area contributed by atoms with Gasteiger partial charge in [-0.15, -0.1) is 0 Å². The summed E-state index contributed by atoms with van der Waals surface area (Å²) in [5.41, 5.74) is 1.13. The fourth-order valence-corrected chi connectivity index (χ4v) is 3.52. The van der Waals surface area contributed by atoms with Crippen molar-refractivity contribution in [2.75, 3.05) is 20.2 Å². The molecule has 1 aromatic heterocycles. The van der Waals surface area contributed by atoms with Crippen molar-refractivity contribution in [3.05, 3.63) is 11.5 Å². The number of hydrogen-bond donors (Lipinski definition) is 0. The average Bonchev–Trinajstić information content (AvgIpc) is 2.79. The Bertz CT molecular complexity index is 414. The molecule has 2 unspecified atom stereocenters. The van der Waals surface area contributed by atoms with Gasteiger partial charge < -0.3 is 9.15 Å². The topological polar surface area (TPSA) is 38.5 Å². The van der Waals surface area contributed by atoms with Crippen LogP contribution >= 0.6 is 0 Å². The van der Waals surface area contributed by atoms with Crippen molar-refractivity contribution in [3.8, 4) is 6.08 Å². The minimum atomic E-state index is 0.431. The van der Waals surface area contributed by atoms with E-state index in [2.05, 4.69) is 16.8 Å². The molecule has 0 radical (unpaired) electrons. The SMILES string of the molecule is CCCN1CCCC2Cc3nc(OC)oc3CC21. The number of hydrogen-bond acceptors (Lipinski definition) is 4. The summed E-state index contributed by atoms with van der Waals surface area (Å²) in [7, 11) is 1.62. The van der Waals surface area contributed by atoms with Crippen LogP contribution in [-0.4, -0.2) is 36.1 Å². The third-order valence-corrected chi connectivity index (χ3v) is 4.33. The molecular weight excluding hydrogens is 228 g/mol. The molecule has 1 aliphatic carbocycles. The van der Waals surface area contributed by atoms with Crippen LogP contribution < -0.4 is 4.74 Å². The van der Waals surface area contributed by atoms with Crippen molar-refractivity contribution in [3.63, 3.8) is 0 Å². The maximum Gasteiger partial charge on any atom is 0.393 e. The van der Waals surface area contributed by atoms with E-state index in [1.54, 1.807) is 7.11 Å². The Labute approximate surface area is 108 Å². The van der Waals surface area contributed by atoms with Gasteiger partial charge in [0, 0.05) is 12.5 Å². The van der Waals surface area contributed by atoms with Gasteiger partial charge in [-0.3, -0.25) is 4.90 Å². The van der Waals surface area contributed by atoms with E-state index in [0.717, 1.165) is 30.2 Å². The van der Waals surface area contributed by atoms with Gasteiger partial charge in [0.05, 0.1) is 12.8 Å². The molecule has 1 saturated heterocycles. The molecule has 18 heavy (non-hydrogen) atoms. The summed E-state index contributed by atoms with van der Waals surface area (Å²) >= 11 is 0. The lowest BCUT2D eigenvalue weighted by Crippen LogP contribution is -2.49. The smallest absolute Gasteiger partial charge is 0.393 e. The van der Waals surface area contributed by atoms with Crippen molar-refractivity contribution in [2.24, 2.45) is 5.92 Å². The molecule has 1 aromatic rings. The highest BCUT2D eigenvalue weighted by atomic mass is 16.6. The van der Waals surface area contributed by atoms with Crippen LogP contribution in [-0.2, 0) is 12.8 Å². The number of ether oxygens (including phenoxy) is 1. The van der Waals surface area contributed by atoms with Gasteiger partial charge in [-0.25, -0.2) is 0 Å². The second-order valence-corrected chi connectivity index (χ2v) is 5.47. The van der Waals surface area contributed by atoms with E-state index in [1.807, 2.05) is 0 Å². The summed E-state index contributed by atoms with van der Waals surface area (Å²) in [6, 6.07) is 0.656. The number of piperidine rings is 1. The number of rotatable bonds is 3. The predicted octanol–water partition coefficient (Wildman–Crippen LogP) is 2.27. The Morgan fingerprint density at radius 3 is 3.11 bits per heavy atom. The van der Waals surface area contributed by atoms with Gasteiger partial charge in [0.15, 0.2) is 0 Å². The first kappa shape index (κ1) is 12.0. The van der Waals surface area contributed by atoms with Crippen LogP contribution in [0.5, 0.6) is 6.08 Å². The first-order valence-electron chi connectivity index (χ1n) is 7.08. The van der Waals surface area contributed by atoms with Gasteiger partial charge in [0.1, 0.15) is 5.76 Å². The van der Waals surface area contributed by atoms with Gasteiger partial charge in [-0.05, 0) is 44.7 Å². The van der Waals surface area contributed by atoms with E-state index in [0.29, 0.717) is 12.1 Å². The molecule has 0 N–H and O–H groups in total. The van der Waals surface area contributed by atoms with Crippen molar-refractivity contribution in [2.45, 2.75) is 45.1 Å². The molecule has 0 saturated carbocycles. The van der Waals surface area contributed by atoms with Crippen molar-refractivity contribution in [1.82, 2.24) is 9.88 Å². The van der Waals surface area contributed by atoms with E-state index >= 15 is 0 Å². The highest BCUT2D eigenvalue weighted by molar-refractivity contribution is 5.19. The zero-order valence-corrected chi connectivity index (χ0v) is 11.3. The second-order valence-electron chi connectivity index (χ2n) is 5.47. The lowest BCUT2D eigenvalue weighted by atomic mass is 9.79. The highest BCUT2D eigenvalue weighted by Gasteiger charge is 2.37. The quantitative estimate of drug-likeness (QED) is 0.825. The van der Waals surface area contributed by atoms with E-state index in [9.17, 15) is 0 Å². The molecule has 1 aliphatic heterocycles. The summed E-state index contributed by atoms with van der Waals surface area (Å²) in [4.78, 5) is 7.07. The molecule has 2 heterocycles. The number of oxazole rings is 1. The molecule has 2 atom stereocenters. The number of aromatic nitrogens is 1.